The summed E-state index contributed by atoms with van der Waals surface area (Å²) in [7, 11) is 0. The topological polar surface area (TPSA) is 24.5 Å². The van der Waals surface area contributed by atoms with Crippen LogP contribution in [0.1, 0.15) is 18.5 Å². The molecule has 116 valence electrons. The van der Waals surface area contributed by atoms with Crippen LogP contribution in [0.5, 0.6) is 5.75 Å². The lowest BCUT2D eigenvalue weighted by atomic mass is 10.1. The van der Waals surface area contributed by atoms with Crippen molar-refractivity contribution in [2.45, 2.75) is 19.6 Å². The van der Waals surface area contributed by atoms with Crippen molar-refractivity contribution in [1.29, 1.82) is 0 Å². The van der Waals surface area contributed by atoms with E-state index in [4.69, 9.17) is 0 Å². The quantitative estimate of drug-likeness (QED) is 0.919. The van der Waals surface area contributed by atoms with Gasteiger partial charge in [-0.25, -0.2) is 0 Å². The van der Waals surface area contributed by atoms with Crippen LogP contribution in [-0.4, -0.2) is 37.7 Å². The summed E-state index contributed by atoms with van der Waals surface area (Å²) < 4.78 is 28.4. The Kier molecular flexibility index (Phi) is 9.05. The summed E-state index contributed by atoms with van der Waals surface area (Å²) in [5.41, 5.74) is 1.12. The second kappa shape index (κ2) is 9.34. The molecule has 0 aromatic heterocycles. The molecule has 0 saturated carbocycles. The zero-order chi connectivity index (χ0) is 13.0. The number of benzene rings is 1. The minimum absolute atomic E-state index is 0. The van der Waals surface area contributed by atoms with Gasteiger partial charge < -0.3 is 10.1 Å². The van der Waals surface area contributed by atoms with Gasteiger partial charge in [0.05, 0.1) is 0 Å². The van der Waals surface area contributed by atoms with E-state index in [1.165, 1.54) is 0 Å². The van der Waals surface area contributed by atoms with E-state index in [2.05, 4.69) is 21.9 Å². The van der Waals surface area contributed by atoms with Crippen molar-refractivity contribution in [3.8, 4) is 5.75 Å². The van der Waals surface area contributed by atoms with Crippen molar-refractivity contribution in [1.82, 2.24) is 10.2 Å². The first-order chi connectivity index (χ1) is 8.66. The predicted octanol–water partition coefficient (Wildman–Crippen LogP) is 3.10. The SMILES string of the molecule is C[C@@H](c1ccc(OC(F)F)cc1)N1CCNCC1.Cl.Cl. The average molecular weight is 329 g/mol. The summed E-state index contributed by atoms with van der Waals surface area (Å²) in [4.78, 5) is 2.37. The molecule has 3 nitrogen and oxygen atoms in total. The van der Waals surface area contributed by atoms with Gasteiger partial charge in [0.2, 0.25) is 0 Å². The Balaban J connectivity index is 0.00000180. The first-order valence-electron chi connectivity index (χ1n) is 6.16. The predicted molar refractivity (Wildman–Crippen MR) is 80.4 cm³/mol. The Morgan fingerprint density at radius 1 is 1.10 bits per heavy atom. The van der Waals surface area contributed by atoms with Crippen molar-refractivity contribution < 1.29 is 13.5 Å². The smallest absolute Gasteiger partial charge is 0.387 e. The van der Waals surface area contributed by atoms with Crippen LogP contribution in [0.3, 0.4) is 0 Å². The highest BCUT2D eigenvalue weighted by molar-refractivity contribution is 5.85. The minimum atomic E-state index is -2.76. The Morgan fingerprint density at radius 3 is 2.15 bits per heavy atom. The fraction of sp³-hybridized carbons (Fsp3) is 0.538. The molecule has 0 radical (unpaired) electrons. The number of nitrogens with one attached hydrogen (secondary N) is 1. The van der Waals surface area contributed by atoms with Crippen LogP contribution in [0.2, 0.25) is 0 Å². The monoisotopic (exact) mass is 328 g/mol. The number of nitrogens with zero attached hydrogens (tertiary/aromatic N) is 1. The van der Waals surface area contributed by atoms with E-state index < -0.39 is 6.61 Å². The Morgan fingerprint density at radius 2 is 1.65 bits per heavy atom. The number of piperazine rings is 1. The van der Waals surface area contributed by atoms with Crippen molar-refractivity contribution in [3.63, 3.8) is 0 Å². The van der Waals surface area contributed by atoms with E-state index in [1.807, 2.05) is 12.1 Å². The molecule has 20 heavy (non-hydrogen) atoms. The normalized spacial score (nSPS) is 17.0. The molecule has 1 heterocycles. The van der Waals surface area contributed by atoms with Gasteiger partial charge in [0.25, 0.3) is 0 Å². The lowest BCUT2D eigenvalue weighted by Gasteiger charge is -2.33. The standard InChI is InChI=1S/C13H18F2N2O.2ClH/c1-10(17-8-6-16-7-9-17)11-2-4-12(5-3-11)18-13(14)15;;/h2-5,10,13,16H,6-9H2,1H3;2*1H/t10-;;/m0../s1. The van der Waals surface area contributed by atoms with Crippen molar-refractivity contribution in [2.75, 3.05) is 26.2 Å². The summed E-state index contributed by atoms with van der Waals surface area (Å²) >= 11 is 0. The summed E-state index contributed by atoms with van der Waals surface area (Å²) in [6, 6.07) is 7.20. The number of halogens is 4. The van der Waals surface area contributed by atoms with E-state index in [0.717, 1.165) is 31.7 Å². The van der Waals surface area contributed by atoms with E-state index >= 15 is 0 Å². The fourth-order valence-corrected chi connectivity index (χ4v) is 2.21. The molecule has 1 saturated heterocycles. The number of alkyl halides is 2. The van der Waals surface area contributed by atoms with Crippen molar-refractivity contribution in [3.05, 3.63) is 29.8 Å². The fourth-order valence-electron chi connectivity index (χ4n) is 2.21. The highest BCUT2D eigenvalue weighted by Crippen LogP contribution is 2.23. The second-order valence-corrected chi connectivity index (χ2v) is 4.41. The summed E-state index contributed by atoms with van der Waals surface area (Å²) in [5.74, 6) is 0.210. The molecule has 7 heteroatoms. The highest BCUT2D eigenvalue weighted by atomic mass is 35.5. The van der Waals surface area contributed by atoms with Gasteiger partial charge in [-0.15, -0.1) is 24.8 Å². The van der Waals surface area contributed by atoms with Gasteiger partial charge >= 0.3 is 6.61 Å². The van der Waals surface area contributed by atoms with E-state index in [1.54, 1.807) is 12.1 Å². The average Bonchev–Trinajstić information content (AvgIpc) is 2.39. The van der Waals surface area contributed by atoms with Crippen LogP contribution in [0.4, 0.5) is 8.78 Å². The van der Waals surface area contributed by atoms with Crippen LogP contribution in [-0.2, 0) is 0 Å². The number of hydrogen-bond acceptors (Lipinski definition) is 3. The van der Waals surface area contributed by atoms with Crippen molar-refractivity contribution >= 4 is 24.8 Å². The molecule has 0 bridgehead atoms. The summed E-state index contributed by atoms with van der Waals surface area (Å²) in [5, 5.41) is 3.31. The minimum Gasteiger partial charge on any atom is -0.435 e. The molecule has 1 atom stereocenters. The van der Waals surface area contributed by atoms with Gasteiger partial charge in [-0.05, 0) is 24.6 Å². The van der Waals surface area contributed by atoms with E-state index in [9.17, 15) is 8.78 Å². The maximum Gasteiger partial charge on any atom is 0.387 e. The lowest BCUT2D eigenvalue weighted by Crippen LogP contribution is -2.44. The van der Waals surface area contributed by atoms with E-state index in [-0.39, 0.29) is 30.6 Å². The molecule has 0 spiro atoms. The van der Waals surface area contributed by atoms with Crippen LogP contribution >= 0.6 is 24.8 Å². The molecular weight excluding hydrogens is 309 g/mol. The zero-order valence-electron chi connectivity index (χ0n) is 11.2. The molecule has 0 aliphatic carbocycles. The molecule has 1 fully saturated rings. The number of rotatable bonds is 4. The number of ether oxygens (including phenoxy) is 1. The Labute approximate surface area is 130 Å². The largest absolute Gasteiger partial charge is 0.435 e. The molecule has 1 N–H and O–H groups in total. The van der Waals surface area contributed by atoms with Crippen LogP contribution in [0.25, 0.3) is 0 Å². The molecule has 1 aromatic carbocycles. The third kappa shape index (κ3) is 5.40. The maximum absolute atomic E-state index is 12.0. The Hall–Kier alpha value is -0.620. The van der Waals surface area contributed by atoms with Gasteiger partial charge in [0.1, 0.15) is 5.75 Å². The van der Waals surface area contributed by atoms with Crippen LogP contribution in [0.15, 0.2) is 24.3 Å². The summed E-state index contributed by atoms with van der Waals surface area (Å²) in [6.45, 7) is 3.39. The molecule has 1 aliphatic heterocycles. The van der Waals surface area contributed by atoms with Crippen LogP contribution < -0.4 is 10.1 Å². The van der Waals surface area contributed by atoms with Gasteiger partial charge in [-0.2, -0.15) is 8.78 Å². The Bertz CT molecular complexity index is 373. The van der Waals surface area contributed by atoms with Crippen LogP contribution in [0, 0.1) is 0 Å². The third-order valence-corrected chi connectivity index (χ3v) is 3.29. The zero-order valence-corrected chi connectivity index (χ0v) is 12.9. The molecular formula is C13H20Cl2F2N2O. The van der Waals surface area contributed by atoms with E-state index in [0.29, 0.717) is 6.04 Å². The van der Waals surface area contributed by atoms with Gasteiger partial charge in [-0.3, -0.25) is 4.90 Å². The van der Waals surface area contributed by atoms with Crippen molar-refractivity contribution in [2.24, 2.45) is 0 Å². The first kappa shape index (κ1) is 19.4. The summed E-state index contributed by atoms with van der Waals surface area (Å²) in [6.07, 6.45) is 0. The molecule has 1 aliphatic rings. The lowest BCUT2D eigenvalue weighted by molar-refractivity contribution is -0.0498. The first-order valence-corrected chi connectivity index (χ1v) is 6.16. The molecule has 1 aromatic rings. The third-order valence-electron chi connectivity index (χ3n) is 3.29. The highest BCUT2D eigenvalue weighted by Gasteiger charge is 2.17. The van der Waals surface area contributed by atoms with Gasteiger partial charge in [0, 0.05) is 32.2 Å². The number of hydrogen-bond donors (Lipinski definition) is 1. The molecule has 0 amide bonds. The molecule has 2 rings (SSSR count). The maximum atomic E-state index is 12.0. The van der Waals surface area contributed by atoms with Gasteiger partial charge in [0.15, 0.2) is 0 Å². The molecule has 0 unspecified atom stereocenters. The van der Waals surface area contributed by atoms with Gasteiger partial charge in [-0.1, -0.05) is 12.1 Å². The second-order valence-electron chi connectivity index (χ2n) is 4.41.